The molecule has 0 spiro atoms. The molecule has 0 bridgehead atoms. The number of hydrogen-bond acceptors (Lipinski definition) is 6. The lowest BCUT2D eigenvalue weighted by Gasteiger charge is -2.40. The van der Waals surface area contributed by atoms with Crippen molar-refractivity contribution in [3.8, 4) is 11.5 Å². The molecular weight excluding hydrogens is 633 g/mol. The second-order valence-electron chi connectivity index (χ2n) is 14.9. The van der Waals surface area contributed by atoms with Gasteiger partial charge in [0.15, 0.2) is 0 Å². The first-order chi connectivity index (χ1) is 24.4. The smallest absolute Gasteiger partial charge is 0.119 e. The van der Waals surface area contributed by atoms with Crippen LogP contribution in [0.25, 0.3) is 12.2 Å². The third-order valence-electron chi connectivity index (χ3n) is 10.6. The van der Waals surface area contributed by atoms with Gasteiger partial charge in [-0.2, -0.15) is 0 Å². The van der Waals surface area contributed by atoms with Crippen molar-refractivity contribution in [1.82, 2.24) is 9.80 Å². The molecule has 2 fully saturated rings. The predicted molar refractivity (Wildman–Crippen MR) is 213 cm³/mol. The van der Waals surface area contributed by atoms with Crippen molar-refractivity contribution in [2.24, 2.45) is 11.8 Å². The normalized spacial score (nSPS) is 25.5. The molecule has 3 aromatic carbocycles. The van der Waals surface area contributed by atoms with Crippen LogP contribution in [0, 0.1) is 18.8 Å². The summed E-state index contributed by atoms with van der Waals surface area (Å²) in [5.41, 5.74) is 4.59. The zero-order chi connectivity index (χ0) is 37.0. The van der Waals surface area contributed by atoms with Crippen molar-refractivity contribution in [3.05, 3.63) is 119 Å². The quantitative estimate of drug-likeness (QED) is 0.164. The van der Waals surface area contributed by atoms with Crippen molar-refractivity contribution in [3.63, 3.8) is 0 Å². The first kappa shape index (κ1) is 40.1. The molecule has 6 nitrogen and oxygen atoms in total. The molecule has 5 rings (SSSR count). The van der Waals surface area contributed by atoms with Crippen LogP contribution >= 0.6 is 0 Å². The predicted octanol–water partition coefficient (Wildman–Crippen LogP) is 8.77. The Bertz CT molecular complexity index is 1630. The summed E-state index contributed by atoms with van der Waals surface area (Å²) in [7, 11) is 11.7. The van der Waals surface area contributed by atoms with Gasteiger partial charge in [0, 0.05) is 24.9 Å². The van der Waals surface area contributed by atoms with Crippen LogP contribution in [0.5, 0.6) is 11.5 Å². The summed E-state index contributed by atoms with van der Waals surface area (Å²) < 4.78 is 10.7. The lowest BCUT2D eigenvalue weighted by atomic mass is 9.72. The molecule has 0 heterocycles. The molecule has 0 saturated heterocycles. The van der Waals surface area contributed by atoms with Gasteiger partial charge >= 0.3 is 0 Å². The lowest BCUT2D eigenvalue weighted by molar-refractivity contribution is -0.0000292. The molecule has 2 N–H and O–H groups in total. The molecule has 4 atom stereocenters. The fourth-order valence-corrected chi connectivity index (χ4v) is 8.02. The van der Waals surface area contributed by atoms with E-state index in [4.69, 9.17) is 9.47 Å². The monoisotopic (exact) mass is 694 g/mol. The zero-order valence-electron chi connectivity index (χ0n) is 32.2. The van der Waals surface area contributed by atoms with Crippen molar-refractivity contribution in [2.75, 3.05) is 55.5 Å². The minimum absolute atomic E-state index is 0.156. The minimum atomic E-state index is -0.963. The number of rotatable bonds is 10. The lowest BCUT2D eigenvalue weighted by Crippen LogP contribution is -2.42. The van der Waals surface area contributed by atoms with E-state index in [9.17, 15) is 10.2 Å². The Labute approximate surface area is 308 Å². The largest absolute Gasteiger partial charge is 0.497 e. The number of aliphatic hydroxyl groups is 2. The van der Waals surface area contributed by atoms with Crippen LogP contribution in [0.15, 0.2) is 96.6 Å². The molecule has 3 aromatic rings. The van der Waals surface area contributed by atoms with Gasteiger partial charge in [-0.15, -0.1) is 0 Å². The number of ether oxygens (including phenoxy) is 2. The zero-order valence-corrected chi connectivity index (χ0v) is 32.2. The fourth-order valence-electron chi connectivity index (χ4n) is 8.02. The highest BCUT2D eigenvalue weighted by atomic mass is 16.5. The summed E-state index contributed by atoms with van der Waals surface area (Å²) in [5, 5.41) is 23.7. The van der Waals surface area contributed by atoms with E-state index in [0.717, 1.165) is 109 Å². The number of benzene rings is 3. The molecule has 51 heavy (non-hydrogen) atoms. The van der Waals surface area contributed by atoms with E-state index in [0.29, 0.717) is 0 Å². The van der Waals surface area contributed by atoms with Crippen LogP contribution in [0.4, 0.5) is 0 Å². The summed E-state index contributed by atoms with van der Waals surface area (Å²) in [5.74, 6) is 2.00. The number of hydrogen-bond donors (Lipinski definition) is 2. The van der Waals surface area contributed by atoms with Crippen molar-refractivity contribution in [2.45, 2.75) is 69.5 Å². The van der Waals surface area contributed by atoms with E-state index in [2.05, 4.69) is 81.8 Å². The molecule has 0 aliphatic heterocycles. The van der Waals surface area contributed by atoms with Crippen LogP contribution < -0.4 is 9.47 Å². The Kier molecular flexibility index (Phi) is 14.7. The minimum Gasteiger partial charge on any atom is -0.497 e. The second kappa shape index (κ2) is 18.7. The Hall–Kier alpha value is -3.68. The Balaban J connectivity index is 0.000000233. The topological polar surface area (TPSA) is 65.4 Å². The summed E-state index contributed by atoms with van der Waals surface area (Å²) >= 11 is 0. The van der Waals surface area contributed by atoms with Gasteiger partial charge in [-0.1, -0.05) is 86.2 Å². The van der Waals surface area contributed by atoms with Crippen LogP contribution in [0.2, 0.25) is 0 Å². The van der Waals surface area contributed by atoms with Gasteiger partial charge < -0.3 is 29.5 Å². The molecule has 2 aliphatic carbocycles. The van der Waals surface area contributed by atoms with Crippen LogP contribution in [-0.2, 0) is 5.60 Å². The number of methoxy groups -OCH3 is 2. The van der Waals surface area contributed by atoms with Gasteiger partial charge in [-0.05, 0) is 131 Å². The van der Waals surface area contributed by atoms with Crippen LogP contribution in [0.3, 0.4) is 0 Å². The third kappa shape index (κ3) is 10.2. The van der Waals surface area contributed by atoms with E-state index in [-0.39, 0.29) is 11.8 Å². The van der Waals surface area contributed by atoms with E-state index < -0.39 is 11.2 Å². The van der Waals surface area contributed by atoms with Gasteiger partial charge in [0.05, 0.1) is 14.2 Å². The van der Waals surface area contributed by atoms with E-state index in [1.54, 1.807) is 20.3 Å². The molecule has 276 valence electrons. The van der Waals surface area contributed by atoms with Crippen LogP contribution in [0.1, 0.15) is 73.6 Å². The van der Waals surface area contributed by atoms with Crippen LogP contribution in [-0.4, -0.2) is 81.1 Å². The summed E-state index contributed by atoms with van der Waals surface area (Å²) in [4.78, 5) is 4.34. The Morgan fingerprint density at radius 3 is 1.75 bits per heavy atom. The number of aryl methyl sites for hydroxylation is 1. The molecule has 2 saturated carbocycles. The summed E-state index contributed by atoms with van der Waals surface area (Å²) in [6.07, 6.45) is 14.4. The Morgan fingerprint density at radius 2 is 1.22 bits per heavy atom. The van der Waals surface area contributed by atoms with Gasteiger partial charge in [0.1, 0.15) is 22.7 Å². The SMILES string of the molecule is C=CC1(O)C(=Cc2cccc(OC)c2)CCCCC1CN(C)C.COc1cccc(C=C2CCCCC(CN(C)C)C2(O)c2ccccc2C)c1. The van der Waals surface area contributed by atoms with E-state index in [1.165, 1.54) is 0 Å². The standard InChI is InChI=1S/C25H33NO2.C20H29NO2/c1-19-10-5-8-15-24(19)25(27)21(12-6-7-13-22(25)18-26(2)3)16-20-11-9-14-23(17-20)28-4;1-5-20(22)17(10-6-7-11-18(20)15-21(2)3)13-16-9-8-12-19(14-16)23-4/h5,8-11,14-17,22,27H,6-7,12-13,18H2,1-4H3;5,8-9,12-14,18,22H,1,6-7,10-11,15H2,2-4H3. The average Bonchev–Trinajstić information content (AvgIpc) is 3.36. The molecule has 2 aliphatic rings. The molecule has 4 unspecified atom stereocenters. The number of nitrogens with zero attached hydrogens (tertiary/aromatic N) is 2. The highest BCUT2D eigenvalue weighted by Crippen LogP contribution is 2.46. The molecule has 6 heteroatoms. The third-order valence-corrected chi connectivity index (χ3v) is 10.6. The molecular formula is C45H62N2O4. The maximum Gasteiger partial charge on any atom is 0.119 e. The molecule has 0 aromatic heterocycles. The second-order valence-corrected chi connectivity index (χ2v) is 14.9. The molecule has 0 amide bonds. The van der Waals surface area contributed by atoms with Gasteiger partial charge in [-0.3, -0.25) is 0 Å². The van der Waals surface area contributed by atoms with Gasteiger partial charge in [-0.25, -0.2) is 0 Å². The van der Waals surface area contributed by atoms with E-state index in [1.807, 2.05) is 54.6 Å². The maximum absolute atomic E-state index is 12.3. The molecule has 0 radical (unpaired) electrons. The summed E-state index contributed by atoms with van der Waals surface area (Å²) in [6, 6.07) is 24.3. The first-order valence-corrected chi connectivity index (χ1v) is 18.6. The van der Waals surface area contributed by atoms with E-state index >= 15 is 0 Å². The van der Waals surface area contributed by atoms with Crippen molar-refractivity contribution >= 4 is 12.2 Å². The highest BCUT2D eigenvalue weighted by molar-refractivity contribution is 5.60. The Morgan fingerprint density at radius 1 is 0.706 bits per heavy atom. The summed E-state index contributed by atoms with van der Waals surface area (Å²) in [6.45, 7) is 7.77. The van der Waals surface area contributed by atoms with Crippen molar-refractivity contribution < 1.29 is 19.7 Å². The average molecular weight is 695 g/mol. The van der Waals surface area contributed by atoms with Gasteiger partial charge in [0.2, 0.25) is 0 Å². The maximum atomic E-state index is 12.3. The van der Waals surface area contributed by atoms with Crippen molar-refractivity contribution in [1.29, 1.82) is 0 Å². The highest BCUT2D eigenvalue weighted by Gasteiger charge is 2.43. The van der Waals surface area contributed by atoms with Gasteiger partial charge in [0.25, 0.3) is 0 Å². The fraction of sp³-hybridized carbons (Fsp3) is 0.467. The first-order valence-electron chi connectivity index (χ1n) is 18.6.